The van der Waals surface area contributed by atoms with Crippen LogP contribution in [0.2, 0.25) is 0 Å². The molecule has 0 heterocycles. The van der Waals surface area contributed by atoms with Gasteiger partial charge in [0.1, 0.15) is 12.4 Å². The number of hydrogen-bond acceptors (Lipinski definition) is 5. The summed E-state index contributed by atoms with van der Waals surface area (Å²) in [6.07, 6.45) is 9.65. The van der Waals surface area contributed by atoms with Crippen LogP contribution >= 0.6 is 0 Å². The van der Waals surface area contributed by atoms with E-state index in [0.717, 1.165) is 48.3 Å². The van der Waals surface area contributed by atoms with E-state index >= 15 is 0 Å². The average Bonchev–Trinajstić information content (AvgIpc) is 3.66. The second-order valence-electron chi connectivity index (χ2n) is 10.7. The van der Waals surface area contributed by atoms with Gasteiger partial charge in [-0.15, -0.1) is 0 Å². The number of carboxylic acids is 2. The Balaban J connectivity index is 1.41. The average molecular weight is 545 g/mol. The van der Waals surface area contributed by atoms with Crippen LogP contribution in [0.4, 0.5) is 0 Å². The number of rotatable bonds is 12. The lowest BCUT2D eigenvalue weighted by Crippen LogP contribution is -2.15. The molecule has 2 aliphatic rings. The molecule has 0 atom stereocenters. The van der Waals surface area contributed by atoms with Gasteiger partial charge in [-0.2, -0.15) is 0 Å². The lowest BCUT2D eigenvalue weighted by molar-refractivity contribution is -0.136. The first kappa shape index (κ1) is 27.6. The van der Waals surface area contributed by atoms with Gasteiger partial charge in [0.05, 0.1) is 17.8 Å². The van der Waals surface area contributed by atoms with Gasteiger partial charge in [-0.05, 0) is 105 Å². The fourth-order valence-corrected chi connectivity index (χ4v) is 5.65. The summed E-state index contributed by atoms with van der Waals surface area (Å²) in [5.41, 5.74) is 3.24. The summed E-state index contributed by atoms with van der Waals surface area (Å²) in [6, 6.07) is 18.1. The quantitative estimate of drug-likeness (QED) is 0.247. The summed E-state index contributed by atoms with van der Waals surface area (Å²) in [4.78, 5) is 23.0. The fourth-order valence-electron chi connectivity index (χ4n) is 5.65. The van der Waals surface area contributed by atoms with Gasteiger partial charge in [0.2, 0.25) is 0 Å². The van der Waals surface area contributed by atoms with Gasteiger partial charge in [-0.1, -0.05) is 30.3 Å². The van der Waals surface area contributed by atoms with E-state index in [9.17, 15) is 19.8 Å². The van der Waals surface area contributed by atoms with Crippen molar-refractivity contribution in [1.82, 2.24) is 0 Å². The van der Waals surface area contributed by atoms with Gasteiger partial charge >= 0.3 is 11.9 Å². The number of hydrogen-bond donors (Lipinski definition) is 2. The van der Waals surface area contributed by atoms with Crippen LogP contribution in [-0.4, -0.2) is 34.4 Å². The largest absolute Gasteiger partial charge is 0.488 e. The Hall–Kier alpha value is -4.00. The van der Waals surface area contributed by atoms with E-state index in [-0.39, 0.29) is 30.8 Å². The minimum Gasteiger partial charge on any atom is -0.488 e. The Bertz CT molecular complexity index is 1340. The topological polar surface area (TPSA) is 102 Å². The fraction of sp³-hybridized carbons (Fsp3) is 0.394. The molecule has 3 aromatic rings. The van der Waals surface area contributed by atoms with Crippen molar-refractivity contribution >= 4 is 11.9 Å². The van der Waals surface area contributed by atoms with Crippen molar-refractivity contribution in [1.29, 1.82) is 0 Å². The van der Waals surface area contributed by atoms with E-state index in [2.05, 4.69) is 0 Å². The van der Waals surface area contributed by atoms with Gasteiger partial charge in [-0.25, -0.2) is 4.79 Å². The molecule has 2 saturated carbocycles. The zero-order chi connectivity index (χ0) is 27.9. The van der Waals surface area contributed by atoms with Crippen molar-refractivity contribution < 1.29 is 34.0 Å². The second kappa shape index (κ2) is 12.9. The third-order valence-electron chi connectivity index (χ3n) is 7.71. The smallest absolute Gasteiger partial charge is 0.335 e. The van der Waals surface area contributed by atoms with Crippen LogP contribution in [0.15, 0.2) is 60.7 Å². The Kier molecular flexibility index (Phi) is 8.89. The molecule has 0 aliphatic heterocycles. The molecule has 2 N–H and O–H groups in total. The maximum atomic E-state index is 11.6. The minimum absolute atomic E-state index is 0.0423. The van der Waals surface area contributed by atoms with E-state index < -0.39 is 11.9 Å². The first-order valence-corrected chi connectivity index (χ1v) is 14.2. The molecule has 3 aromatic carbocycles. The standard InChI is InChI=1S/C33H36O7/c34-31(35)18-16-23-7-6-14-29(32(23)24-8-5-9-25(20-24)33(36)37)38-21-22-15-17-28(39-26-10-1-2-11-26)30(19-22)40-27-12-3-4-13-27/h5-9,14-15,17,19-20,26-27H,1-4,10-13,16,18,21H2,(H,34,35)(H,36,37). The van der Waals surface area contributed by atoms with E-state index in [4.69, 9.17) is 14.2 Å². The van der Waals surface area contributed by atoms with Crippen LogP contribution < -0.4 is 14.2 Å². The van der Waals surface area contributed by atoms with Gasteiger partial charge in [0, 0.05) is 12.0 Å². The van der Waals surface area contributed by atoms with Crippen molar-refractivity contribution in [2.24, 2.45) is 0 Å². The van der Waals surface area contributed by atoms with Crippen molar-refractivity contribution in [3.05, 3.63) is 77.4 Å². The molecule has 0 unspecified atom stereocenters. The molecule has 40 heavy (non-hydrogen) atoms. The molecule has 0 spiro atoms. The zero-order valence-electron chi connectivity index (χ0n) is 22.6. The Labute approximate surface area is 234 Å². The molecule has 0 aromatic heterocycles. The van der Waals surface area contributed by atoms with E-state index in [1.807, 2.05) is 42.5 Å². The Morgan fingerprint density at radius 2 is 1.43 bits per heavy atom. The van der Waals surface area contributed by atoms with E-state index in [1.54, 1.807) is 12.1 Å². The third kappa shape index (κ3) is 6.95. The molecule has 7 heteroatoms. The Morgan fingerprint density at radius 3 is 2.10 bits per heavy atom. The molecule has 0 saturated heterocycles. The predicted octanol–water partition coefficient (Wildman–Crippen LogP) is 7.29. The highest BCUT2D eigenvalue weighted by molar-refractivity contribution is 5.90. The normalized spacial score (nSPS) is 15.7. The number of aromatic carboxylic acids is 1. The van der Waals surface area contributed by atoms with Crippen molar-refractivity contribution in [3.8, 4) is 28.4 Å². The molecule has 2 aliphatic carbocycles. The summed E-state index contributed by atoms with van der Waals surface area (Å²) in [5, 5.41) is 18.8. The van der Waals surface area contributed by atoms with Gasteiger partial charge < -0.3 is 24.4 Å². The summed E-state index contributed by atoms with van der Waals surface area (Å²) in [5.74, 6) is 0.178. The molecular weight excluding hydrogens is 508 g/mol. The van der Waals surface area contributed by atoms with Crippen molar-refractivity contribution in [2.75, 3.05) is 0 Å². The molecule has 0 bridgehead atoms. The van der Waals surface area contributed by atoms with Gasteiger partial charge in [0.15, 0.2) is 11.5 Å². The lowest BCUT2D eigenvalue weighted by Gasteiger charge is -2.21. The highest BCUT2D eigenvalue weighted by Gasteiger charge is 2.22. The van der Waals surface area contributed by atoms with Crippen LogP contribution in [0.25, 0.3) is 11.1 Å². The lowest BCUT2D eigenvalue weighted by atomic mass is 9.94. The Morgan fingerprint density at radius 1 is 0.750 bits per heavy atom. The summed E-state index contributed by atoms with van der Waals surface area (Å²) in [6.45, 7) is 0.263. The molecule has 0 radical (unpaired) electrons. The van der Waals surface area contributed by atoms with Crippen LogP contribution in [0.3, 0.4) is 0 Å². The minimum atomic E-state index is -1.03. The summed E-state index contributed by atoms with van der Waals surface area (Å²) < 4.78 is 19.1. The third-order valence-corrected chi connectivity index (χ3v) is 7.71. The van der Waals surface area contributed by atoms with Gasteiger partial charge in [0.25, 0.3) is 0 Å². The molecule has 5 rings (SSSR count). The molecular formula is C33H36O7. The number of carbonyl (C=O) groups is 2. The first-order chi connectivity index (χ1) is 19.5. The summed E-state index contributed by atoms with van der Waals surface area (Å²) in [7, 11) is 0. The molecule has 0 amide bonds. The molecule has 210 valence electrons. The molecule has 2 fully saturated rings. The maximum Gasteiger partial charge on any atom is 0.335 e. The van der Waals surface area contributed by atoms with Crippen LogP contribution in [0.5, 0.6) is 17.2 Å². The summed E-state index contributed by atoms with van der Waals surface area (Å²) >= 11 is 0. The number of aliphatic carboxylic acids is 1. The van der Waals surface area contributed by atoms with E-state index in [0.29, 0.717) is 23.3 Å². The second-order valence-corrected chi connectivity index (χ2v) is 10.7. The highest BCUT2D eigenvalue weighted by atomic mass is 16.5. The number of benzene rings is 3. The predicted molar refractivity (Wildman–Crippen MR) is 151 cm³/mol. The van der Waals surface area contributed by atoms with Crippen LogP contribution in [0, 0.1) is 0 Å². The first-order valence-electron chi connectivity index (χ1n) is 14.2. The van der Waals surface area contributed by atoms with E-state index in [1.165, 1.54) is 31.7 Å². The maximum absolute atomic E-state index is 11.6. The monoisotopic (exact) mass is 544 g/mol. The van der Waals surface area contributed by atoms with Crippen molar-refractivity contribution in [3.63, 3.8) is 0 Å². The number of carboxylic acid groups (broad SMARTS) is 2. The van der Waals surface area contributed by atoms with Crippen molar-refractivity contribution in [2.45, 2.75) is 83.0 Å². The van der Waals surface area contributed by atoms with Gasteiger partial charge in [-0.3, -0.25) is 4.79 Å². The van der Waals surface area contributed by atoms with Crippen LogP contribution in [0.1, 0.15) is 79.3 Å². The molecule has 7 nitrogen and oxygen atoms in total. The van der Waals surface area contributed by atoms with Crippen LogP contribution in [-0.2, 0) is 17.8 Å². The number of ether oxygens (including phenoxy) is 3. The zero-order valence-corrected chi connectivity index (χ0v) is 22.6. The SMILES string of the molecule is O=C(O)CCc1cccc(OCc2ccc(OC3CCCC3)c(OC3CCCC3)c2)c1-c1cccc(C(=O)O)c1. The highest BCUT2D eigenvalue weighted by Crippen LogP contribution is 2.38. The number of aryl methyl sites for hydroxylation is 1.